The highest BCUT2D eigenvalue weighted by atomic mass is 32.2. The summed E-state index contributed by atoms with van der Waals surface area (Å²) in [6, 6.07) is 0. The van der Waals surface area contributed by atoms with Gasteiger partial charge in [0.2, 0.25) is 9.47 Å². The molecule has 0 aliphatic carbocycles. The van der Waals surface area contributed by atoms with E-state index in [2.05, 4.69) is 26.8 Å². The molecular weight excluding hydrogens is 224 g/mol. The molecule has 0 aliphatic rings. The van der Waals surface area contributed by atoms with Gasteiger partial charge in [-0.25, -0.2) is 8.42 Å². The third kappa shape index (κ3) is 2.66. The van der Waals surface area contributed by atoms with Gasteiger partial charge in [0.15, 0.2) is 0 Å². The lowest BCUT2D eigenvalue weighted by Gasteiger charge is -1.96. The van der Waals surface area contributed by atoms with E-state index in [1.807, 2.05) is 0 Å². The van der Waals surface area contributed by atoms with E-state index in [0.29, 0.717) is 0 Å². The summed E-state index contributed by atoms with van der Waals surface area (Å²) >= 11 is 0.810. The molecule has 0 radical (unpaired) electrons. The van der Waals surface area contributed by atoms with Gasteiger partial charge in [-0.15, -0.1) is 16.1 Å². The predicted molar refractivity (Wildman–Crippen MR) is 53.0 cm³/mol. The fourth-order valence-electron chi connectivity index (χ4n) is 0.610. The number of sulfonamides is 1. The molecule has 1 heterocycles. The van der Waals surface area contributed by atoms with Crippen LogP contribution in [0.25, 0.3) is 0 Å². The number of anilines is 1. The Morgan fingerprint density at radius 1 is 1.57 bits per heavy atom. The monoisotopic (exact) mass is 232 g/mol. The van der Waals surface area contributed by atoms with Crippen LogP contribution < -0.4 is 10.5 Å². The Hall–Kier alpha value is -1.17. The summed E-state index contributed by atoms with van der Waals surface area (Å²) in [7, 11) is -3.60. The summed E-state index contributed by atoms with van der Waals surface area (Å²) in [5, 5.41) is 6.93. The number of nitrogens with one attached hydrogen (secondary N) is 1. The van der Waals surface area contributed by atoms with Crippen LogP contribution >= 0.6 is 11.3 Å². The summed E-state index contributed by atoms with van der Waals surface area (Å²) in [5.41, 5.74) is 5.25. The molecule has 3 N–H and O–H groups in total. The van der Waals surface area contributed by atoms with Crippen molar-refractivity contribution in [3.63, 3.8) is 0 Å². The zero-order valence-electron chi connectivity index (χ0n) is 7.31. The van der Waals surface area contributed by atoms with Crippen molar-refractivity contribution in [1.82, 2.24) is 14.9 Å². The molecule has 0 bridgehead atoms. The van der Waals surface area contributed by atoms with E-state index in [-0.39, 0.29) is 16.0 Å². The molecule has 76 valence electrons. The van der Waals surface area contributed by atoms with Gasteiger partial charge in [0, 0.05) is 0 Å². The van der Waals surface area contributed by atoms with Crippen LogP contribution in [0.1, 0.15) is 6.92 Å². The van der Waals surface area contributed by atoms with Crippen LogP contribution in [0, 0.1) is 11.8 Å². The average molecular weight is 232 g/mol. The third-order valence-electron chi connectivity index (χ3n) is 1.18. The second kappa shape index (κ2) is 4.36. The molecule has 1 aromatic heterocycles. The number of hydrogen-bond acceptors (Lipinski definition) is 6. The molecule has 6 nitrogen and oxygen atoms in total. The molecule has 0 aliphatic heterocycles. The van der Waals surface area contributed by atoms with Crippen molar-refractivity contribution in [2.45, 2.75) is 11.3 Å². The quantitative estimate of drug-likeness (QED) is 0.679. The Morgan fingerprint density at radius 2 is 2.29 bits per heavy atom. The topological polar surface area (TPSA) is 98.0 Å². The first-order chi connectivity index (χ1) is 6.56. The largest absolute Gasteiger partial charge is 0.374 e. The molecule has 0 atom stereocenters. The molecule has 1 rings (SSSR count). The van der Waals surface area contributed by atoms with Gasteiger partial charge in [-0.1, -0.05) is 17.3 Å². The van der Waals surface area contributed by atoms with Crippen molar-refractivity contribution in [2.24, 2.45) is 0 Å². The van der Waals surface area contributed by atoms with Gasteiger partial charge in [0.05, 0.1) is 6.54 Å². The zero-order valence-corrected chi connectivity index (χ0v) is 8.94. The Labute approximate surface area is 85.6 Å². The third-order valence-corrected chi connectivity index (χ3v) is 3.70. The van der Waals surface area contributed by atoms with E-state index in [0.717, 1.165) is 11.3 Å². The number of aromatic nitrogens is 2. The molecule has 14 heavy (non-hydrogen) atoms. The molecule has 0 unspecified atom stereocenters. The SMILES string of the molecule is CC#CCNS(=O)(=O)c1nnc(N)s1. The van der Waals surface area contributed by atoms with Crippen molar-refractivity contribution >= 4 is 26.5 Å². The van der Waals surface area contributed by atoms with E-state index in [9.17, 15) is 8.42 Å². The minimum absolute atomic E-state index is 0.0539. The van der Waals surface area contributed by atoms with Gasteiger partial charge in [0.1, 0.15) is 0 Å². The second-order valence-electron chi connectivity index (χ2n) is 2.16. The molecule has 0 aromatic carbocycles. The highest BCUT2D eigenvalue weighted by Crippen LogP contribution is 2.15. The maximum Gasteiger partial charge on any atom is 0.270 e. The molecule has 0 fully saturated rings. The highest BCUT2D eigenvalue weighted by molar-refractivity contribution is 7.91. The van der Waals surface area contributed by atoms with E-state index in [1.54, 1.807) is 6.92 Å². The van der Waals surface area contributed by atoms with E-state index < -0.39 is 10.0 Å². The maximum absolute atomic E-state index is 11.4. The lowest BCUT2D eigenvalue weighted by Crippen LogP contribution is -2.23. The summed E-state index contributed by atoms with van der Waals surface area (Å²) < 4.78 is 24.9. The van der Waals surface area contributed by atoms with Crippen molar-refractivity contribution in [3.05, 3.63) is 0 Å². The maximum atomic E-state index is 11.4. The standard InChI is InChI=1S/C6H8N4O2S2/c1-2-3-4-8-14(11,12)6-10-9-5(7)13-6/h8H,4H2,1H3,(H2,7,9). The smallest absolute Gasteiger partial charge is 0.270 e. The predicted octanol–water partition coefficient (Wildman–Crippen LogP) is -0.578. The Morgan fingerprint density at radius 3 is 2.79 bits per heavy atom. The molecule has 8 heteroatoms. The normalized spacial score (nSPS) is 10.6. The molecule has 1 aromatic rings. The van der Waals surface area contributed by atoms with Gasteiger partial charge in [0.25, 0.3) is 10.0 Å². The van der Waals surface area contributed by atoms with Gasteiger partial charge >= 0.3 is 0 Å². The number of nitrogens with zero attached hydrogens (tertiary/aromatic N) is 2. The van der Waals surface area contributed by atoms with Gasteiger partial charge < -0.3 is 5.73 Å². The van der Waals surface area contributed by atoms with Crippen LogP contribution in [0.15, 0.2) is 4.34 Å². The summed E-state index contributed by atoms with van der Waals surface area (Å²) in [6.07, 6.45) is 0. The minimum atomic E-state index is -3.60. The van der Waals surface area contributed by atoms with Crippen LogP contribution in [0.2, 0.25) is 0 Å². The number of rotatable bonds is 3. The summed E-state index contributed by atoms with van der Waals surface area (Å²) in [6.45, 7) is 1.68. The fourth-order valence-corrected chi connectivity index (χ4v) is 2.36. The fraction of sp³-hybridized carbons (Fsp3) is 0.333. The van der Waals surface area contributed by atoms with Crippen molar-refractivity contribution in [1.29, 1.82) is 0 Å². The van der Waals surface area contributed by atoms with Crippen LogP contribution in [0.4, 0.5) is 5.13 Å². The van der Waals surface area contributed by atoms with E-state index >= 15 is 0 Å². The van der Waals surface area contributed by atoms with Crippen LogP contribution in [0.5, 0.6) is 0 Å². The Kier molecular flexibility index (Phi) is 3.40. The number of nitrogen functional groups attached to an aromatic ring is 1. The van der Waals surface area contributed by atoms with Crippen molar-refractivity contribution in [3.8, 4) is 11.8 Å². The van der Waals surface area contributed by atoms with Gasteiger partial charge in [-0.05, 0) is 6.92 Å². The lowest BCUT2D eigenvalue weighted by molar-refractivity contribution is 0.584. The van der Waals surface area contributed by atoms with Crippen molar-refractivity contribution in [2.75, 3.05) is 12.3 Å². The van der Waals surface area contributed by atoms with Crippen LogP contribution in [-0.2, 0) is 10.0 Å². The molecule has 0 saturated carbocycles. The van der Waals surface area contributed by atoms with Crippen LogP contribution in [-0.4, -0.2) is 25.2 Å². The summed E-state index contributed by atoms with van der Waals surface area (Å²) in [5.74, 6) is 5.13. The second-order valence-corrected chi connectivity index (χ2v) is 5.11. The van der Waals surface area contributed by atoms with Crippen molar-refractivity contribution < 1.29 is 8.42 Å². The van der Waals surface area contributed by atoms with E-state index in [1.165, 1.54) is 0 Å². The number of nitrogens with two attached hydrogens (primary N) is 1. The Bertz CT molecular complexity index is 468. The molecule has 0 saturated heterocycles. The zero-order chi connectivity index (χ0) is 10.6. The first kappa shape index (κ1) is 10.9. The molecule has 0 spiro atoms. The first-order valence-electron chi connectivity index (χ1n) is 3.54. The summed E-state index contributed by atoms with van der Waals surface area (Å²) in [4.78, 5) is 0. The molecular formula is C6H8N4O2S2. The van der Waals surface area contributed by atoms with Gasteiger partial charge in [-0.3, -0.25) is 0 Å². The average Bonchev–Trinajstić information content (AvgIpc) is 2.53. The first-order valence-corrected chi connectivity index (χ1v) is 5.84. The highest BCUT2D eigenvalue weighted by Gasteiger charge is 2.18. The van der Waals surface area contributed by atoms with E-state index in [4.69, 9.17) is 5.73 Å². The Balaban J connectivity index is 2.79. The molecule has 0 amide bonds. The lowest BCUT2D eigenvalue weighted by atomic mass is 10.6. The van der Waals surface area contributed by atoms with Crippen LogP contribution in [0.3, 0.4) is 0 Å². The minimum Gasteiger partial charge on any atom is -0.374 e. The van der Waals surface area contributed by atoms with Gasteiger partial charge in [-0.2, -0.15) is 4.72 Å². The number of hydrogen-bond donors (Lipinski definition) is 2.